The number of nitrogens with one attached hydrogen (secondary N) is 1. The van der Waals surface area contributed by atoms with Crippen LogP contribution in [0.3, 0.4) is 0 Å². The average Bonchev–Trinajstić information content (AvgIpc) is 2.20. The van der Waals surface area contributed by atoms with E-state index in [9.17, 15) is 0 Å². The standard InChI is InChI=1S/C11H17BrN2O/c1-9(15)3-2-6-13-8-11-5-4-10(12)7-14-11/h4-5,7,9,13,15H,2-3,6,8H2,1H3. The van der Waals surface area contributed by atoms with Gasteiger partial charge in [-0.3, -0.25) is 4.98 Å². The zero-order chi connectivity index (χ0) is 11.1. The predicted molar refractivity (Wildman–Crippen MR) is 64.6 cm³/mol. The zero-order valence-electron chi connectivity index (χ0n) is 8.91. The van der Waals surface area contributed by atoms with Gasteiger partial charge in [0.2, 0.25) is 0 Å². The molecule has 0 spiro atoms. The number of nitrogens with zero attached hydrogens (tertiary/aromatic N) is 1. The minimum absolute atomic E-state index is 0.197. The molecule has 0 saturated carbocycles. The van der Waals surface area contributed by atoms with E-state index < -0.39 is 0 Å². The van der Waals surface area contributed by atoms with Crippen molar-refractivity contribution in [2.75, 3.05) is 6.54 Å². The summed E-state index contributed by atoms with van der Waals surface area (Å²) in [4.78, 5) is 4.25. The van der Waals surface area contributed by atoms with E-state index in [-0.39, 0.29) is 6.10 Å². The highest BCUT2D eigenvalue weighted by molar-refractivity contribution is 9.10. The Morgan fingerprint density at radius 2 is 2.33 bits per heavy atom. The molecule has 2 N–H and O–H groups in total. The molecule has 0 amide bonds. The first-order valence-electron chi connectivity index (χ1n) is 5.17. The van der Waals surface area contributed by atoms with Crippen LogP contribution in [-0.2, 0) is 6.54 Å². The molecule has 1 aromatic heterocycles. The maximum Gasteiger partial charge on any atom is 0.0542 e. The third-order valence-electron chi connectivity index (χ3n) is 2.07. The molecule has 15 heavy (non-hydrogen) atoms. The van der Waals surface area contributed by atoms with Gasteiger partial charge in [0.05, 0.1) is 11.8 Å². The molecule has 0 aliphatic carbocycles. The molecule has 0 aliphatic heterocycles. The minimum Gasteiger partial charge on any atom is -0.393 e. The van der Waals surface area contributed by atoms with Crippen molar-refractivity contribution in [1.82, 2.24) is 10.3 Å². The highest BCUT2D eigenvalue weighted by Gasteiger charge is 1.96. The summed E-state index contributed by atoms with van der Waals surface area (Å²) < 4.78 is 1.00. The van der Waals surface area contributed by atoms with E-state index in [2.05, 4.69) is 26.2 Å². The number of aliphatic hydroxyl groups is 1. The Labute approximate surface area is 99.1 Å². The van der Waals surface area contributed by atoms with Gasteiger partial charge in [-0.2, -0.15) is 0 Å². The Hall–Kier alpha value is -0.450. The van der Waals surface area contributed by atoms with E-state index in [0.717, 1.165) is 36.1 Å². The first kappa shape index (κ1) is 12.6. The molecule has 1 unspecified atom stereocenters. The van der Waals surface area contributed by atoms with Gasteiger partial charge in [-0.25, -0.2) is 0 Å². The average molecular weight is 273 g/mol. The molecule has 0 aromatic carbocycles. The maximum absolute atomic E-state index is 9.05. The highest BCUT2D eigenvalue weighted by Crippen LogP contribution is 2.07. The Morgan fingerprint density at radius 3 is 2.93 bits per heavy atom. The third-order valence-corrected chi connectivity index (χ3v) is 2.54. The van der Waals surface area contributed by atoms with Crippen molar-refractivity contribution in [1.29, 1.82) is 0 Å². The van der Waals surface area contributed by atoms with Crippen LogP contribution in [0.25, 0.3) is 0 Å². The first-order valence-corrected chi connectivity index (χ1v) is 5.97. The summed E-state index contributed by atoms with van der Waals surface area (Å²) in [5, 5.41) is 12.3. The van der Waals surface area contributed by atoms with Gasteiger partial charge in [-0.15, -0.1) is 0 Å². The molecular weight excluding hydrogens is 256 g/mol. The summed E-state index contributed by atoms with van der Waals surface area (Å²) in [7, 11) is 0. The molecule has 3 nitrogen and oxygen atoms in total. The lowest BCUT2D eigenvalue weighted by molar-refractivity contribution is 0.181. The van der Waals surface area contributed by atoms with Gasteiger partial charge in [-0.1, -0.05) is 0 Å². The summed E-state index contributed by atoms with van der Waals surface area (Å²) in [6.07, 6.45) is 3.44. The molecule has 84 valence electrons. The van der Waals surface area contributed by atoms with Gasteiger partial charge in [0.25, 0.3) is 0 Å². The minimum atomic E-state index is -0.197. The van der Waals surface area contributed by atoms with Crippen LogP contribution in [0.1, 0.15) is 25.5 Å². The zero-order valence-corrected chi connectivity index (χ0v) is 10.5. The molecule has 0 bridgehead atoms. The topological polar surface area (TPSA) is 45.1 Å². The normalized spacial score (nSPS) is 12.7. The maximum atomic E-state index is 9.05. The van der Waals surface area contributed by atoms with Crippen molar-refractivity contribution in [3.63, 3.8) is 0 Å². The summed E-state index contributed by atoms with van der Waals surface area (Å²) in [6, 6.07) is 3.98. The van der Waals surface area contributed by atoms with Crippen molar-refractivity contribution in [3.05, 3.63) is 28.5 Å². The fourth-order valence-corrected chi connectivity index (χ4v) is 1.48. The Balaban J connectivity index is 2.12. The van der Waals surface area contributed by atoms with Crippen LogP contribution in [0.15, 0.2) is 22.8 Å². The smallest absolute Gasteiger partial charge is 0.0542 e. The number of halogens is 1. The number of aliphatic hydroxyl groups excluding tert-OH is 1. The second-order valence-electron chi connectivity index (χ2n) is 3.64. The second-order valence-corrected chi connectivity index (χ2v) is 4.55. The lowest BCUT2D eigenvalue weighted by Crippen LogP contribution is -2.16. The van der Waals surface area contributed by atoms with Gasteiger partial charge < -0.3 is 10.4 Å². The van der Waals surface area contributed by atoms with Crippen LogP contribution in [0.5, 0.6) is 0 Å². The van der Waals surface area contributed by atoms with Crippen LogP contribution in [-0.4, -0.2) is 22.7 Å². The third kappa shape index (κ3) is 5.87. The first-order chi connectivity index (χ1) is 7.18. The number of pyridine rings is 1. The van der Waals surface area contributed by atoms with Crippen molar-refractivity contribution < 1.29 is 5.11 Å². The molecule has 0 saturated heterocycles. The molecule has 1 heterocycles. The number of hydrogen-bond donors (Lipinski definition) is 2. The van der Waals surface area contributed by atoms with E-state index in [4.69, 9.17) is 5.11 Å². The molecular formula is C11H17BrN2O. The molecule has 1 rings (SSSR count). The summed E-state index contributed by atoms with van der Waals surface area (Å²) >= 11 is 3.34. The van der Waals surface area contributed by atoms with Crippen LogP contribution < -0.4 is 5.32 Å². The summed E-state index contributed by atoms with van der Waals surface area (Å²) in [5.41, 5.74) is 1.04. The Kier molecular flexibility index (Phi) is 5.83. The van der Waals surface area contributed by atoms with E-state index >= 15 is 0 Å². The SMILES string of the molecule is CC(O)CCCNCc1ccc(Br)cn1. The van der Waals surface area contributed by atoms with Crippen molar-refractivity contribution in [2.45, 2.75) is 32.4 Å². The van der Waals surface area contributed by atoms with Crippen molar-refractivity contribution in [2.24, 2.45) is 0 Å². The van der Waals surface area contributed by atoms with Gasteiger partial charge >= 0.3 is 0 Å². The van der Waals surface area contributed by atoms with E-state index in [0.29, 0.717) is 0 Å². The molecule has 0 radical (unpaired) electrons. The monoisotopic (exact) mass is 272 g/mol. The van der Waals surface area contributed by atoms with Crippen LogP contribution in [0.2, 0.25) is 0 Å². The molecule has 1 aromatic rings. The van der Waals surface area contributed by atoms with Gasteiger partial charge in [0.15, 0.2) is 0 Å². The van der Waals surface area contributed by atoms with E-state index in [1.165, 1.54) is 0 Å². The largest absolute Gasteiger partial charge is 0.393 e. The van der Waals surface area contributed by atoms with Crippen LogP contribution in [0.4, 0.5) is 0 Å². The Bertz CT molecular complexity index is 274. The van der Waals surface area contributed by atoms with Gasteiger partial charge in [-0.05, 0) is 54.4 Å². The van der Waals surface area contributed by atoms with E-state index in [1.807, 2.05) is 19.1 Å². The highest BCUT2D eigenvalue weighted by atomic mass is 79.9. The van der Waals surface area contributed by atoms with Crippen LogP contribution >= 0.6 is 15.9 Å². The van der Waals surface area contributed by atoms with Crippen LogP contribution in [0, 0.1) is 0 Å². The quantitative estimate of drug-likeness (QED) is 0.780. The summed E-state index contributed by atoms with van der Waals surface area (Å²) in [5.74, 6) is 0. The fraction of sp³-hybridized carbons (Fsp3) is 0.545. The lowest BCUT2D eigenvalue weighted by Gasteiger charge is -2.05. The Morgan fingerprint density at radius 1 is 1.53 bits per heavy atom. The molecule has 0 fully saturated rings. The molecule has 4 heteroatoms. The number of rotatable bonds is 6. The second kappa shape index (κ2) is 6.93. The molecule has 1 atom stereocenters. The van der Waals surface area contributed by atoms with Crippen molar-refractivity contribution in [3.8, 4) is 0 Å². The number of aromatic nitrogens is 1. The summed E-state index contributed by atoms with van der Waals surface area (Å²) in [6.45, 7) is 3.52. The predicted octanol–water partition coefficient (Wildman–Crippen LogP) is 2.09. The number of hydrogen-bond acceptors (Lipinski definition) is 3. The fourth-order valence-electron chi connectivity index (χ4n) is 1.25. The van der Waals surface area contributed by atoms with Gasteiger partial charge in [0, 0.05) is 17.2 Å². The lowest BCUT2D eigenvalue weighted by atomic mass is 10.2. The molecule has 0 aliphatic rings. The van der Waals surface area contributed by atoms with Crippen molar-refractivity contribution >= 4 is 15.9 Å². The van der Waals surface area contributed by atoms with Gasteiger partial charge in [0.1, 0.15) is 0 Å². The van der Waals surface area contributed by atoms with E-state index in [1.54, 1.807) is 6.20 Å².